The van der Waals surface area contributed by atoms with E-state index in [0.717, 1.165) is 6.42 Å². The fraction of sp³-hybridized carbons (Fsp3) is 0.417. The molecule has 2 nitrogen and oxygen atoms in total. The van der Waals surface area contributed by atoms with E-state index >= 15 is 0 Å². The highest BCUT2D eigenvalue weighted by Gasteiger charge is 2.54. The second-order valence-electron chi connectivity index (χ2n) is 4.07. The Labute approximate surface area is 83.9 Å². The Hall–Kier alpha value is -1.31. The Balaban J connectivity index is 2.08. The van der Waals surface area contributed by atoms with Crippen molar-refractivity contribution in [2.45, 2.75) is 31.8 Å². The molecule has 0 bridgehead atoms. The maximum atomic E-state index is 10.9. The van der Waals surface area contributed by atoms with E-state index in [1.165, 1.54) is 12.5 Å². The zero-order chi connectivity index (χ0) is 10.2. The summed E-state index contributed by atoms with van der Waals surface area (Å²) in [6, 6.07) is 10.2. The van der Waals surface area contributed by atoms with Gasteiger partial charge in [-0.15, -0.1) is 0 Å². The molecule has 0 spiro atoms. The lowest BCUT2D eigenvalue weighted by molar-refractivity contribution is -0.147. The first kappa shape index (κ1) is 9.25. The van der Waals surface area contributed by atoms with Crippen molar-refractivity contribution in [3.63, 3.8) is 0 Å². The zero-order valence-electron chi connectivity index (χ0n) is 8.49. The summed E-state index contributed by atoms with van der Waals surface area (Å²) >= 11 is 0. The second kappa shape index (κ2) is 3.12. The van der Waals surface area contributed by atoms with E-state index in [1.54, 1.807) is 0 Å². The first-order valence-corrected chi connectivity index (χ1v) is 4.86. The van der Waals surface area contributed by atoms with Crippen LogP contribution in [0.5, 0.6) is 0 Å². The molecule has 0 aliphatic heterocycles. The number of hydrogen-bond acceptors (Lipinski definition) is 2. The van der Waals surface area contributed by atoms with Gasteiger partial charge in [0.2, 0.25) is 0 Å². The minimum absolute atomic E-state index is 0.189. The van der Waals surface area contributed by atoms with Gasteiger partial charge in [-0.05, 0) is 18.9 Å². The number of rotatable bonds is 2. The minimum Gasteiger partial charge on any atom is -0.459 e. The van der Waals surface area contributed by atoms with E-state index in [-0.39, 0.29) is 11.6 Å². The number of carbonyl (C=O) groups excluding carboxylic acids is 1. The lowest BCUT2D eigenvalue weighted by Crippen LogP contribution is -2.15. The van der Waals surface area contributed by atoms with Crippen molar-refractivity contribution in [1.82, 2.24) is 0 Å². The van der Waals surface area contributed by atoms with Gasteiger partial charge in [-0.3, -0.25) is 4.79 Å². The Morgan fingerprint density at radius 2 is 2.07 bits per heavy atom. The SMILES string of the molecule is CC(=O)OC1(C)CC1c1ccccc1. The van der Waals surface area contributed by atoms with Crippen LogP contribution in [0.2, 0.25) is 0 Å². The predicted octanol–water partition coefficient (Wildman–Crippen LogP) is 2.50. The van der Waals surface area contributed by atoms with Gasteiger partial charge in [-0.2, -0.15) is 0 Å². The second-order valence-corrected chi connectivity index (χ2v) is 4.07. The van der Waals surface area contributed by atoms with E-state index in [9.17, 15) is 4.79 Å². The van der Waals surface area contributed by atoms with E-state index in [2.05, 4.69) is 12.1 Å². The van der Waals surface area contributed by atoms with Gasteiger partial charge in [0, 0.05) is 12.8 Å². The molecule has 1 aromatic rings. The van der Waals surface area contributed by atoms with Crippen molar-refractivity contribution in [2.24, 2.45) is 0 Å². The van der Waals surface area contributed by atoms with Crippen LogP contribution in [0.4, 0.5) is 0 Å². The number of hydrogen-bond donors (Lipinski definition) is 0. The van der Waals surface area contributed by atoms with E-state index in [4.69, 9.17) is 4.74 Å². The molecular weight excluding hydrogens is 176 g/mol. The molecule has 1 aliphatic carbocycles. The minimum atomic E-state index is -0.257. The molecule has 2 heteroatoms. The van der Waals surface area contributed by atoms with Crippen LogP contribution < -0.4 is 0 Å². The molecule has 2 atom stereocenters. The van der Waals surface area contributed by atoms with Crippen LogP contribution in [0.15, 0.2) is 30.3 Å². The molecule has 0 heterocycles. The molecule has 1 saturated carbocycles. The topological polar surface area (TPSA) is 26.3 Å². The highest BCUT2D eigenvalue weighted by atomic mass is 16.6. The highest BCUT2D eigenvalue weighted by molar-refractivity contribution is 5.67. The molecular formula is C12H14O2. The molecule has 0 amide bonds. The molecule has 2 rings (SSSR count). The van der Waals surface area contributed by atoms with Gasteiger partial charge in [-0.1, -0.05) is 30.3 Å². The van der Waals surface area contributed by atoms with Gasteiger partial charge in [0.1, 0.15) is 5.60 Å². The Kier molecular flexibility index (Phi) is 2.06. The molecule has 0 N–H and O–H groups in total. The van der Waals surface area contributed by atoms with Crippen LogP contribution in [0.25, 0.3) is 0 Å². The summed E-state index contributed by atoms with van der Waals surface area (Å²) in [6.07, 6.45) is 0.941. The van der Waals surface area contributed by atoms with Gasteiger partial charge in [-0.25, -0.2) is 0 Å². The van der Waals surface area contributed by atoms with Crippen LogP contribution in [-0.4, -0.2) is 11.6 Å². The van der Waals surface area contributed by atoms with E-state index in [0.29, 0.717) is 5.92 Å². The van der Waals surface area contributed by atoms with Crippen molar-refractivity contribution in [1.29, 1.82) is 0 Å². The molecule has 1 fully saturated rings. The van der Waals surface area contributed by atoms with Crippen molar-refractivity contribution < 1.29 is 9.53 Å². The normalized spacial score (nSPS) is 29.7. The summed E-state index contributed by atoms with van der Waals surface area (Å²) in [4.78, 5) is 10.9. The molecule has 2 unspecified atom stereocenters. The Bertz CT molecular complexity index is 345. The molecule has 0 aromatic heterocycles. The highest BCUT2D eigenvalue weighted by Crippen LogP contribution is 2.53. The number of carbonyl (C=O) groups is 1. The average molecular weight is 190 g/mol. The van der Waals surface area contributed by atoms with Crippen LogP contribution in [-0.2, 0) is 9.53 Å². The Morgan fingerprint density at radius 1 is 1.43 bits per heavy atom. The summed E-state index contributed by atoms with van der Waals surface area (Å²) in [7, 11) is 0. The van der Waals surface area contributed by atoms with Gasteiger partial charge < -0.3 is 4.74 Å². The number of ether oxygens (including phenoxy) is 1. The summed E-state index contributed by atoms with van der Waals surface area (Å²) < 4.78 is 5.28. The number of esters is 1. The largest absolute Gasteiger partial charge is 0.459 e. The van der Waals surface area contributed by atoms with E-state index < -0.39 is 0 Å². The molecule has 14 heavy (non-hydrogen) atoms. The third-order valence-electron chi connectivity index (χ3n) is 2.77. The average Bonchev–Trinajstić information content (AvgIpc) is 2.77. The molecule has 1 aliphatic rings. The smallest absolute Gasteiger partial charge is 0.303 e. The van der Waals surface area contributed by atoms with E-state index in [1.807, 2.05) is 25.1 Å². The monoisotopic (exact) mass is 190 g/mol. The summed E-state index contributed by atoms with van der Waals surface area (Å²) in [5.41, 5.74) is 1.00. The lowest BCUT2D eigenvalue weighted by atomic mass is 10.1. The predicted molar refractivity (Wildman–Crippen MR) is 54.0 cm³/mol. The molecule has 1 aromatic carbocycles. The van der Waals surface area contributed by atoms with Gasteiger partial charge in [0.05, 0.1) is 0 Å². The summed E-state index contributed by atoms with van der Waals surface area (Å²) in [5, 5.41) is 0. The van der Waals surface area contributed by atoms with Crippen LogP contribution in [0, 0.1) is 0 Å². The molecule has 74 valence electrons. The fourth-order valence-electron chi connectivity index (χ4n) is 1.94. The molecule has 0 saturated heterocycles. The first-order chi connectivity index (χ1) is 6.62. The third kappa shape index (κ3) is 1.65. The first-order valence-electron chi connectivity index (χ1n) is 4.86. The van der Waals surface area contributed by atoms with Gasteiger partial charge in [0.15, 0.2) is 0 Å². The van der Waals surface area contributed by atoms with Crippen LogP contribution >= 0.6 is 0 Å². The summed E-state index contributed by atoms with van der Waals surface area (Å²) in [5.74, 6) is 0.193. The van der Waals surface area contributed by atoms with Crippen LogP contribution in [0.3, 0.4) is 0 Å². The van der Waals surface area contributed by atoms with Crippen molar-refractivity contribution in [2.75, 3.05) is 0 Å². The van der Waals surface area contributed by atoms with Crippen molar-refractivity contribution in [3.05, 3.63) is 35.9 Å². The molecule has 0 radical (unpaired) electrons. The third-order valence-corrected chi connectivity index (χ3v) is 2.77. The fourth-order valence-corrected chi connectivity index (χ4v) is 1.94. The quantitative estimate of drug-likeness (QED) is 0.670. The maximum Gasteiger partial charge on any atom is 0.303 e. The standard InChI is InChI=1S/C12H14O2/c1-9(13)14-12(2)8-11(12)10-6-4-3-5-7-10/h3-7,11H,8H2,1-2H3. The zero-order valence-corrected chi connectivity index (χ0v) is 8.49. The Morgan fingerprint density at radius 3 is 2.64 bits per heavy atom. The lowest BCUT2D eigenvalue weighted by Gasteiger charge is -2.11. The van der Waals surface area contributed by atoms with Gasteiger partial charge >= 0.3 is 5.97 Å². The van der Waals surface area contributed by atoms with Crippen molar-refractivity contribution in [3.8, 4) is 0 Å². The maximum absolute atomic E-state index is 10.9. The summed E-state index contributed by atoms with van der Waals surface area (Å²) in [6.45, 7) is 3.46. The van der Waals surface area contributed by atoms with Crippen molar-refractivity contribution >= 4 is 5.97 Å². The van der Waals surface area contributed by atoms with Crippen LogP contribution in [0.1, 0.15) is 31.7 Å². The van der Waals surface area contributed by atoms with Gasteiger partial charge in [0.25, 0.3) is 0 Å². The number of benzene rings is 1.